The van der Waals surface area contributed by atoms with Gasteiger partial charge >= 0.3 is 5.97 Å². The van der Waals surface area contributed by atoms with E-state index in [9.17, 15) is 9.90 Å². The molecule has 1 aromatic heterocycles. The SMILES string of the molecule is C[C@H](O)c1cc2cc(COc3ccccc3CC(=O)O)cc(-c3cccc(CN)c3)c2o1. The Labute approximate surface area is 185 Å². The lowest BCUT2D eigenvalue weighted by Crippen LogP contribution is -2.04. The van der Waals surface area contributed by atoms with E-state index in [4.69, 9.17) is 20.0 Å². The van der Waals surface area contributed by atoms with E-state index in [0.29, 0.717) is 29.2 Å². The highest BCUT2D eigenvalue weighted by atomic mass is 16.5. The Morgan fingerprint density at radius 1 is 1.06 bits per heavy atom. The van der Waals surface area contributed by atoms with Gasteiger partial charge in [0.1, 0.15) is 29.8 Å². The predicted octanol–water partition coefficient (Wildman–Crippen LogP) is 4.82. The molecule has 1 atom stereocenters. The van der Waals surface area contributed by atoms with Crippen LogP contribution in [0.1, 0.15) is 35.5 Å². The molecule has 0 aliphatic heterocycles. The molecule has 0 amide bonds. The molecule has 4 N–H and O–H groups in total. The summed E-state index contributed by atoms with van der Waals surface area (Å²) in [6.07, 6.45) is -0.834. The number of rotatable bonds is 8. The molecule has 0 radical (unpaired) electrons. The zero-order valence-electron chi connectivity index (χ0n) is 17.7. The third-order valence-corrected chi connectivity index (χ3v) is 5.29. The van der Waals surface area contributed by atoms with Crippen molar-refractivity contribution in [1.29, 1.82) is 0 Å². The number of hydrogen-bond acceptors (Lipinski definition) is 5. The summed E-state index contributed by atoms with van der Waals surface area (Å²) in [5.41, 5.74) is 10.9. The van der Waals surface area contributed by atoms with E-state index in [0.717, 1.165) is 27.6 Å². The summed E-state index contributed by atoms with van der Waals surface area (Å²) in [6, 6.07) is 20.8. The number of benzene rings is 3. The number of aliphatic hydroxyl groups excluding tert-OH is 1. The van der Waals surface area contributed by atoms with Crippen LogP contribution in [0.15, 0.2) is 71.1 Å². The monoisotopic (exact) mass is 431 g/mol. The number of carbonyl (C=O) groups is 1. The van der Waals surface area contributed by atoms with Crippen LogP contribution < -0.4 is 10.5 Å². The molecule has 0 fully saturated rings. The summed E-state index contributed by atoms with van der Waals surface area (Å²) in [4.78, 5) is 11.2. The molecule has 6 heteroatoms. The first kappa shape index (κ1) is 21.6. The van der Waals surface area contributed by atoms with E-state index in [1.807, 2.05) is 48.5 Å². The molecule has 0 aliphatic rings. The molecule has 3 aromatic carbocycles. The van der Waals surface area contributed by atoms with Crippen molar-refractivity contribution in [1.82, 2.24) is 0 Å². The number of ether oxygens (including phenoxy) is 1. The van der Waals surface area contributed by atoms with Gasteiger partial charge in [0, 0.05) is 23.1 Å². The topological polar surface area (TPSA) is 106 Å². The fourth-order valence-electron chi connectivity index (χ4n) is 3.72. The van der Waals surface area contributed by atoms with Gasteiger partial charge in [-0.25, -0.2) is 0 Å². The van der Waals surface area contributed by atoms with Crippen molar-refractivity contribution >= 4 is 16.9 Å². The highest BCUT2D eigenvalue weighted by molar-refractivity contribution is 5.93. The number of carboxylic acid groups (broad SMARTS) is 1. The summed E-state index contributed by atoms with van der Waals surface area (Å²) in [6.45, 7) is 2.35. The first-order chi connectivity index (χ1) is 15.4. The second-order valence-electron chi connectivity index (χ2n) is 7.76. The molecule has 0 saturated carbocycles. The van der Waals surface area contributed by atoms with E-state index in [1.54, 1.807) is 25.1 Å². The maximum atomic E-state index is 11.2. The molecule has 0 saturated heterocycles. The second-order valence-corrected chi connectivity index (χ2v) is 7.76. The Morgan fingerprint density at radius 2 is 1.88 bits per heavy atom. The van der Waals surface area contributed by atoms with Crippen LogP contribution in [0.3, 0.4) is 0 Å². The normalized spacial score (nSPS) is 12.1. The Morgan fingerprint density at radius 3 is 2.62 bits per heavy atom. The number of furan rings is 1. The predicted molar refractivity (Wildman–Crippen MR) is 122 cm³/mol. The zero-order chi connectivity index (χ0) is 22.7. The Hall–Kier alpha value is -3.61. The van der Waals surface area contributed by atoms with Crippen LogP contribution in [0.25, 0.3) is 22.1 Å². The van der Waals surface area contributed by atoms with Crippen LogP contribution in [-0.4, -0.2) is 16.2 Å². The van der Waals surface area contributed by atoms with Gasteiger partial charge in [-0.3, -0.25) is 4.79 Å². The first-order valence-electron chi connectivity index (χ1n) is 10.4. The molecule has 0 aliphatic carbocycles. The highest BCUT2D eigenvalue weighted by Gasteiger charge is 2.16. The molecule has 0 bridgehead atoms. The number of nitrogens with two attached hydrogens (primary N) is 1. The molecule has 32 heavy (non-hydrogen) atoms. The Balaban J connectivity index is 1.73. The van der Waals surface area contributed by atoms with E-state index >= 15 is 0 Å². The lowest BCUT2D eigenvalue weighted by Gasteiger charge is -2.12. The minimum Gasteiger partial charge on any atom is -0.489 e. The van der Waals surface area contributed by atoms with Gasteiger partial charge in [0.15, 0.2) is 0 Å². The molecule has 0 spiro atoms. The van der Waals surface area contributed by atoms with Crippen LogP contribution in [-0.2, 0) is 24.4 Å². The molecule has 0 unspecified atom stereocenters. The van der Waals surface area contributed by atoms with Crippen LogP contribution in [0.4, 0.5) is 0 Å². The molecule has 6 nitrogen and oxygen atoms in total. The molecule has 4 rings (SSSR count). The van der Waals surface area contributed by atoms with E-state index in [-0.39, 0.29) is 13.0 Å². The van der Waals surface area contributed by atoms with Gasteiger partial charge in [-0.1, -0.05) is 36.4 Å². The number of hydrogen-bond donors (Lipinski definition) is 3. The van der Waals surface area contributed by atoms with Gasteiger partial charge in [0.25, 0.3) is 0 Å². The highest BCUT2D eigenvalue weighted by Crippen LogP contribution is 2.35. The van der Waals surface area contributed by atoms with Crippen molar-refractivity contribution in [3.05, 3.63) is 89.2 Å². The van der Waals surface area contributed by atoms with Gasteiger partial charge in [-0.05, 0) is 53.9 Å². The summed E-state index contributed by atoms with van der Waals surface area (Å²) >= 11 is 0. The average Bonchev–Trinajstić information content (AvgIpc) is 3.22. The largest absolute Gasteiger partial charge is 0.489 e. The molecule has 164 valence electrons. The van der Waals surface area contributed by atoms with Gasteiger partial charge < -0.3 is 25.1 Å². The van der Waals surface area contributed by atoms with Crippen molar-refractivity contribution in [2.45, 2.75) is 32.6 Å². The van der Waals surface area contributed by atoms with Gasteiger partial charge in [-0.2, -0.15) is 0 Å². The fraction of sp³-hybridized carbons (Fsp3) is 0.192. The lowest BCUT2D eigenvalue weighted by molar-refractivity contribution is -0.136. The van der Waals surface area contributed by atoms with Crippen LogP contribution in [0.2, 0.25) is 0 Å². The maximum Gasteiger partial charge on any atom is 0.307 e. The van der Waals surface area contributed by atoms with Gasteiger partial charge in [0.2, 0.25) is 0 Å². The third-order valence-electron chi connectivity index (χ3n) is 5.29. The van der Waals surface area contributed by atoms with Gasteiger partial charge in [0.05, 0.1) is 6.42 Å². The quantitative estimate of drug-likeness (QED) is 0.369. The number of para-hydroxylation sites is 1. The van der Waals surface area contributed by atoms with E-state index < -0.39 is 12.1 Å². The van der Waals surface area contributed by atoms with Gasteiger partial charge in [-0.15, -0.1) is 0 Å². The first-order valence-corrected chi connectivity index (χ1v) is 10.4. The Kier molecular flexibility index (Phi) is 6.25. The maximum absolute atomic E-state index is 11.2. The lowest BCUT2D eigenvalue weighted by atomic mass is 9.99. The molecular formula is C26H25NO5. The number of aliphatic carboxylic acids is 1. The zero-order valence-corrected chi connectivity index (χ0v) is 17.7. The van der Waals surface area contributed by atoms with E-state index in [2.05, 4.69) is 0 Å². The summed E-state index contributed by atoms with van der Waals surface area (Å²) in [5.74, 6) is 0.119. The molecular weight excluding hydrogens is 406 g/mol. The van der Waals surface area contributed by atoms with Crippen molar-refractivity contribution in [3.8, 4) is 16.9 Å². The molecule has 1 heterocycles. The fourth-order valence-corrected chi connectivity index (χ4v) is 3.72. The van der Waals surface area contributed by atoms with Crippen LogP contribution >= 0.6 is 0 Å². The van der Waals surface area contributed by atoms with Crippen molar-refractivity contribution in [3.63, 3.8) is 0 Å². The van der Waals surface area contributed by atoms with E-state index in [1.165, 1.54) is 0 Å². The summed E-state index contributed by atoms with van der Waals surface area (Å²) in [5, 5.41) is 20.0. The van der Waals surface area contributed by atoms with Crippen molar-refractivity contribution in [2.75, 3.05) is 0 Å². The van der Waals surface area contributed by atoms with Crippen LogP contribution in [0, 0.1) is 0 Å². The van der Waals surface area contributed by atoms with Crippen LogP contribution in [0.5, 0.6) is 5.75 Å². The Bertz CT molecular complexity index is 1260. The minimum atomic E-state index is -0.909. The summed E-state index contributed by atoms with van der Waals surface area (Å²) in [7, 11) is 0. The minimum absolute atomic E-state index is 0.105. The smallest absolute Gasteiger partial charge is 0.307 e. The second kappa shape index (κ2) is 9.26. The van der Waals surface area contributed by atoms with Crippen molar-refractivity contribution < 1.29 is 24.2 Å². The summed E-state index contributed by atoms with van der Waals surface area (Å²) < 4.78 is 12.0. The average molecular weight is 431 g/mol. The number of aliphatic hydroxyl groups is 1. The third kappa shape index (κ3) is 4.66. The number of carboxylic acids is 1. The molecule has 4 aromatic rings. The van der Waals surface area contributed by atoms with Crippen molar-refractivity contribution in [2.24, 2.45) is 5.73 Å². The number of fused-ring (bicyclic) bond motifs is 1. The standard InChI is InChI=1S/C26H25NO5/c1-16(28)24-12-21-10-18(15-31-23-8-3-2-6-20(23)13-25(29)30)11-22(26(21)32-24)19-7-4-5-17(9-19)14-27/h2-12,16,28H,13-15,27H2,1H3,(H,29,30)/t16-/m0/s1.